The molecule has 2 amide bonds. The maximum absolute atomic E-state index is 12.6. The van der Waals surface area contributed by atoms with E-state index >= 15 is 0 Å². The predicted octanol–water partition coefficient (Wildman–Crippen LogP) is -0.0286. The highest BCUT2D eigenvalue weighted by molar-refractivity contribution is 7.90. The summed E-state index contributed by atoms with van der Waals surface area (Å²) < 4.78 is 25.9. The largest absolute Gasteiger partial charge is 0.391 e. The number of sulfonamides is 1. The van der Waals surface area contributed by atoms with Crippen molar-refractivity contribution in [1.82, 2.24) is 14.9 Å². The molecule has 0 bridgehead atoms. The van der Waals surface area contributed by atoms with Gasteiger partial charge in [-0.3, -0.25) is 9.59 Å². The molecule has 2 aliphatic heterocycles. The normalized spacial score (nSPS) is 23.7. The Hall–Kier alpha value is -1.68. The second-order valence-electron chi connectivity index (χ2n) is 6.61. The van der Waals surface area contributed by atoms with Gasteiger partial charge in [0.05, 0.1) is 11.7 Å². The number of fused-ring (bicyclic) bond motifs is 1. The Labute approximate surface area is 158 Å². The molecule has 1 aromatic carbocycles. The van der Waals surface area contributed by atoms with E-state index in [0.29, 0.717) is 13.1 Å². The lowest BCUT2D eigenvalue weighted by Crippen LogP contribution is -2.36. The summed E-state index contributed by atoms with van der Waals surface area (Å²) in [5.74, 6) is -1.09. The minimum atomic E-state index is -3.94. The van der Waals surface area contributed by atoms with E-state index in [4.69, 9.17) is 0 Å². The number of amides is 2. The lowest BCUT2D eigenvalue weighted by molar-refractivity contribution is 0.0844. The van der Waals surface area contributed by atoms with Gasteiger partial charge in [0.15, 0.2) is 0 Å². The molecule has 0 spiro atoms. The summed E-state index contributed by atoms with van der Waals surface area (Å²) in [4.78, 5) is 24.5. The van der Waals surface area contributed by atoms with Gasteiger partial charge in [-0.2, -0.15) is 0 Å². The minimum Gasteiger partial charge on any atom is -0.391 e. The van der Waals surface area contributed by atoms with E-state index in [1.54, 1.807) is 13.8 Å². The first kappa shape index (κ1) is 20.6. The van der Waals surface area contributed by atoms with E-state index in [-0.39, 0.29) is 40.9 Å². The van der Waals surface area contributed by atoms with Crippen molar-refractivity contribution in [1.29, 1.82) is 0 Å². The third-order valence-electron chi connectivity index (χ3n) is 4.51. The number of β-amino-alcohol motifs (C(OH)–C–C–N with tert-alkyl or cyclic N) is 1. The average Bonchev–Trinajstić information content (AvgIpc) is 3.04. The number of hydrogen-bond acceptors (Lipinski definition) is 6. The van der Waals surface area contributed by atoms with Crippen molar-refractivity contribution in [3.05, 3.63) is 29.3 Å². The molecule has 0 radical (unpaired) electrons. The summed E-state index contributed by atoms with van der Waals surface area (Å²) >= 11 is 0. The Morgan fingerprint density at radius 2 is 2.08 bits per heavy atom. The first-order valence-corrected chi connectivity index (χ1v) is 9.57. The summed E-state index contributed by atoms with van der Waals surface area (Å²) in [6.45, 7) is 4.63. The predicted molar refractivity (Wildman–Crippen MR) is 96.9 cm³/mol. The zero-order valence-electron chi connectivity index (χ0n) is 14.4. The fraction of sp³-hybridized carbons (Fsp3) is 0.500. The maximum Gasteiger partial charge on any atom is 0.269 e. The molecule has 1 fully saturated rings. The van der Waals surface area contributed by atoms with E-state index < -0.39 is 34.0 Å². The third-order valence-corrected chi connectivity index (χ3v) is 6.51. The molecule has 2 atom stereocenters. The Morgan fingerprint density at radius 1 is 1.38 bits per heavy atom. The molecule has 144 valence electrons. The maximum atomic E-state index is 12.6. The SMILES string of the molecule is CC(C)N1C(=O)c2ccc(C(=O)NCC3CNCC3O)cc2S1(=O)=O.Cl. The van der Waals surface area contributed by atoms with Crippen LogP contribution in [0.3, 0.4) is 0 Å². The number of hydrogen-bond donors (Lipinski definition) is 3. The van der Waals surface area contributed by atoms with Gasteiger partial charge in [-0.25, -0.2) is 12.7 Å². The van der Waals surface area contributed by atoms with Gasteiger partial charge in [0.2, 0.25) is 0 Å². The van der Waals surface area contributed by atoms with E-state index in [2.05, 4.69) is 10.6 Å². The lowest BCUT2D eigenvalue weighted by Gasteiger charge is -2.18. The highest BCUT2D eigenvalue weighted by Gasteiger charge is 2.43. The average molecular weight is 404 g/mol. The molecule has 10 heteroatoms. The standard InChI is InChI=1S/C16H21N3O5S.ClH/c1-9(2)19-16(22)12-4-3-10(5-14(12)25(19,23)24)15(21)18-7-11-6-17-8-13(11)20;/h3-5,9,11,13,17,20H,6-8H2,1-2H3,(H,18,21);1H. The van der Waals surface area contributed by atoms with Crippen LogP contribution < -0.4 is 10.6 Å². The van der Waals surface area contributed by atoms with Crippen molar-refractivity contribution in [2.75, 3.05) is 19.6 Å². The van der Waals surface area contributed by atoms with Gasteiger partial charge in [0.25, 0.3) is 21.8 Å². The molecular formula is C16H22ClN3O5S. The first-order valence-electron chi connectivity index (χ1n) is 8.13. The molecule has 0 saturated carbocycles. The van der Waals surface area contributed by atoms with E-state index in [1.807, 2.05) is 0 Å². The molecule has 1 saturated heterocycles. The molecule has 2 aliphatic rings. The summed E-state index contributed by atoms with van der Waals surface area (Å²) in [6, 6.07) is 3.55. The number of aliphatic hydroxyl groups excluding tert-OH is 1. The van der Waals surface area contributed by atoms with E-state index in [9.17, 15) is 23.1 Å². The Kier molecular flexibility index (Phi) is 5.96. The van der Waals surface area contributed by atoms with Crippen LogP contribution in [0.5, 0.6) is 0 Å². The van der Waals surface area contributed by atoms with E-state index in [1.165, 1.54) is 18.2 Å². The van der Waals surface area contributed by atoms with Gasteiger partial charge in [-0.05, 0) is 32.0 Å². The Bertz CT molecular complexity index is 827. The highest BCUT2D eigenvalue weighted by atomic mass is 35.5. The Morgan fingerprint density at radius 3 is 2.65 bits per heavy atom. The molecular weight excluding hydrogens is 382 g/mol. The van der Waals surface area contributed by atoms with Crippen molar-refractivity contribution < 1.29 is 23.1 Å². The van der Waals surface area contributed by atoms with Gasteiger partial charge in [0, 0.05) is 37.2 Å². The van der Waals surface area contributed by atoms with Gasteiger partial charge in [-0.1, -0.05) is 0 Å². The third kappa shape index (κ3) is 3.44. The zero-order chi connectivity index (χ0) is 18.4. The Balaban J connectivity index is 0.00000243. The molecule has 8 nitrogen and oxygen atoms in total. The van der Waals surface area contributed by atoms with E-state index in [0.717, 1.165) is 4.31 Å². The van der Waals surface area contributed by atoms with Crippen molar-refractivity contribution in [3.63, 3.8) is 0 Å². The fourth-order valence-corrected chi connectivity index (χ4v) is 4.95. The number of carbonyl (C=O) groups is 2. The van der Waals surface area contributed by atoms with Crippen LogP contribution in [0.1, 0.15) is 34.6 Å². The molecule has 2 heterocycles. The summed E-state index contributed by atoms with van der Waals surface area (Å²) in [5.41, 5.74) is 0.252. The van der Waals surface area contributed by atoms with Gasteiger partial charge in [0.1, 0.15) is 4.90 Å². The second-order valence-corrected chi connectivity index (χ2v) is 8.39. The number of rotatable bonds is 4. The monoisotopic (exact) mass is 403 g/mol. The molecule has 3 N–H and O–H groups in total. The summed E-state index contributed by atoms with van der Waals surface area (Å²) in [6.07, 6.45) is -0.516. The molecule has 26 heavy (non-hydrogen) atoms. The topological polar surface area (TPSA) is 116 Å². The van der Waals surface area contributed by atoms with Crippen LogP contribution in [0.2, 0.25) is 0 Å². The molecule has 1 aromatic rings. The molecule has 2 unspecified atom stereocenters. The number of nitrogens with one attached hydrogen (secondary N) is 2. The van der Waals surface area contributed by atoms with Crippen molar-refractivity contribution in [2.24, 2.45) is 5.92 Å². The molecule has 3 rings (SSSR count). The van der Waals surface area contributed by atoms with Crippen LogP contribution in [0.25, 0.3) is 0 Å². The van der Waals surface area contributed by atoms with Crippen LogP contribution >= 0.6 is 12.4 Å². The highest BCUT2D eigenvalue weighted by Crippen LogP contribution is 2.32. The van der Waals surface area contributed by atoms with Crippen LogP contribution in [0.15, 0.2) is 23.1 Å². The van der Waals surface area contributed by atoms with Gasteiger partial charge < -0.3 is 15.7 Å². The lowest BCUT2D eigenvalue weighted by atomic mass is 10.1. The summed E-state index contributed by atoms with van der Waals surface area (Å²) in [7, 11) is -3.94. The second kappa shape index (κ2) is 7.51. The number of aliphatic hydroxyl groups is 1. The van der Waals surface area contributed by atoms with Crippen LogP contribution in [-0.2, 0) is 10.0 Å². The summed E-state index contributed by atoms with van der Waals surface area (Å²) in [5, 5.41) is 15.5. The molecule has 0 aliphatic carbocycles. The van der Waals surface area contributed by atoms with Crippen molar-refractivity contribution in [2.45, 2.75) is 30.9 Å². The minimum absolute atomic E-state index is 0. The number of nitrogens with zero attached hydrogens (tertiary/aromatic N) is 1. The number of carbonyl (C=O) groups excluding carboxylic acids is 2. The van der Waals surface area contributed by atoms with Gasteiger partial charge >= 0.3 is 0 Å². The number of benzene rings is 1. The zero-order valence-corrected chi connectivity index (χ0v) is 16.1. The van der Waals surface area contributed by atoms with Crippen LogP contribution in [0, 0.1) is 5.92 Å². The fourth-order valence-electron chi connectivity index (χ4n) is 3.15. The quantitative estimate of drug-likeness (QED) is 0.650. The van der Waals surface area contributed by atoms with Crippen molar-refractivity contribution >= 4 is 34.2 Å². The number of halogens is 1. The van der Waals surface area contributed by atoms with Crippen molar-refractivity contribution in [3.8, 4) is 0 Å². The van der Waals surface area contributed by atoms with Gasteiger partial charge in [-0.15, -0.1) is 12.4 Å². The smallest absolute Gasteiger partial charge is 0.269 e. The van der Waals surface area contributed by atoms with Crippen LogP contribution in [0.4, 0.5) is 0 Å². The first-order chi connectivity index (χ1) is 11.7. The van der Waals surface area contributed by atoms with Crippen LogP contribution in [-0.4, -0.2) is 61.4 Å². The molecule has 0 aromatic heterocycles.